The maximum absolute atomic E-state index is 11.6. The third kappa shape index (κ3) is 1.84. The first kappa shape index (κ1) is 11.5. The number of nitrogen functional groups attached to an aromatic ring is 1. The maximum atomic E-state index is 11.6. The summed E-state index contributed by atoms with van der Waals surface area (Å²) in [6, 6.07) is 4.32. The number of carbonyl (C=O) groups is 1. The standard InChI is InChI=1S/C10H9NO5S/c1-17(14,15)9-6-4-5(11)2-3-7(6)16-8(9)10(12)13/h2-4H,11H2,1H3,(H,12,13). The van der Waals surface area contributed by atoms with Gasteiger partial charge in [0.2, 0.25) is 5.76 Å². The molecule has 0 atom stereocenters. The molecule has 1 heterocycles. The van der Waals surface area contributed by atoms with Crippen LogP contribution in [0.1, 0.15) is 10.6 Å². The van der Waals surface area contributed by atoms with E-state index in [0.717, 1.165) is 6.26 Å². The van der Waals surface area contributed by atoms with Gasteiger partial charge in [0.15, 0.2) is 9.84 Å². The lowest BCUT2D eigenvalue weighted by molar-refractivity contribution is 0.0659. The van der Waals surface area contributed by atoms with Gasteiger partial charge >= 0.3 is 5.97 Å². The first-order valence-corrected chi connectivity index (χ1v) is 6.45. The lowest BCUT2D eigenvalue weighted by Crippen LogP contribution is -2.04. The fourth-order valence-electron chi connectivity index (χ4n) is 1.60. The van der Waals surface area contributed by atoms with Gasteiger partial charge in [0.05, 0.1) is 0 Å². The Morgan fingerprint density at radius 2 is 2.06 bits per heavy atom. The van der Waals surface area contributed by atoms with Gasteiger partial charge in [-0.3, -0.25) is 0 Å². The van der Waals surface area contributed by atoms with Crippen molar-refractivity contribution in [3.8, 4) is 0 Å². The van der Waals surface area contributed by atoms with Crippen molar-refractivity contribution in [2.45, 2.75) is 4.90 Å². The zero-order valence-corrected chi connectivity index (χ0v) is 9.61. The number of benzene rings is 1. The van der Waals surface area contributed by atoms with E-state index in [9.17, 15) is 13.2 Å². The lowest BCUT2D eigenvalue weighted by Gasteiger charge is -1.96. The quantitative estimate of drug-likeness (QED) is 0.778. The Bertz CT molecular complexity index is 714. The summed E-state index contributed by atoms with van der Waals surface area (Å²) in [6.07, 6.45) is 0.924. The zero-order valence-electron chi connectivity index (χ0n) is 8.80. The second-order valence-electron chi connectivity index (χ2n) is 3.59. The van der Waals surface area contributed by atoms with Crippen LogP contribution in [-0.2, 0) is 9.84 Å². The summed E-state index contributed by atoms with van der Waals surface area (Å²) in [4.78, 5) is 10.6. The molecule has 7 heteroatoms. The molecule has 1 aromatic carbocycles. The fraction of sp³-hybridized carbons (Fsp3) is 0.100. The Balaban J connectivity index is 2.98. The molecule has 0 aliphatic carbocycles. The number of anilines is 1. The third-order valence-electron chi connectivity index (χ3n) is 2.23. The smallest absolute Gasteiger partial charge is 0.373 e. The van der Waals surface area contributed by atoms with Crippen LogP contribution < -0.4 is 5.73 Å². The van der Waals surface area contributed by atoms with E-state index < -0.39 is 21.6 Å². The summed E-state index contributed by atoms with van der Waals surface area (Å²) in [5.41, 5.74) is 6.05. The average molecular weight is 255 g/mol. The highest BCUT2D eigenvalue weighted by Gasteiger charge is 2.27. The van der Waals surface area contributed by atoms with Crippen molar-refractivity contribution in [3.05, 3.63) is 24.0 Å². The number of carboxylic acid groups (broad SMARTS) is 1. The molecule has 0 amide bonds. The Kier molecular flexibility index (Phi) is 2.35. The largest absolute Gasteiger partial charge is 0.475 e. The van der Waals surface area contributed by atoms with Crippen molar-refractivity contribution < 1.29 is 22.7 Å². The van der Waals surface area contributed by atoms with Crippen LogP contribution >= 0.6 is 0 Å². The van der Waals surface area contributed by atoms with Gasteiger partial charge < -0.3 is 15.3 Å². The van der Waals surface area contributed by atoms with Gasteiger partial charge in [0.25, 0.3) is 0 Å². The molecular weight excluding hydrogens is 246 g/mol. The number of sulfone groups is 1. The summed E-state index contributed by atoms with van der Waals surface area (Å²) >= 11 is 0. The van der Waals surface area contributed by atoms with Crippen LogP contribution in [0.2, 0.25) is 0 Å². The zero-order chi connectivity index (χ0) is 12.8. The molecule has 0 saturated carbocycles. The van der Waals surface area contributed by atoms with Crippen LogP contribution in [-0.4, -0.2) is 25.7 Å². The summed E-state index contributed by atoms with van der Waals surface area (Å²) in [6.45, 7) is 0. The number of carboxylic acids is 1. The number of furan rings is 1. The molecule has 17 heavy (non-hydrogen) atoms. The van der Waals surface area contributed by atoms with Gasteiger partial charge in [-0.1, -0.05) is 0 Å². The van der Waals surface area contributed by atoms with E-state index in [0.29, 0.717) is 5.69 Å². The number of nitrogens with two attached hydrogens (primary N) is 1. The molecule has 0 aliphatic heterocycles. The predicted octanol–water partition coefficient (Wildman–Crippen LogP) is 1.12. The van der Waals surface area contributed by atoms with Crippen LogP contribution in [0.15, 0.2) is 27.5 Å². The molecule has 0 bridgehead atoms. The summed E-state index contributed by atoms with van der Waals surface area (Å²) < 4.78 is 28.2. The van der Waals surface area contributed by atoms with Crippen molar-refractivity contribution in [1.82, 2.24) is 0 Å². The molecule has 0 fully saturated rings. The van der Waals surface area contributed by atoms with E-state index >= 15 is 0 Å². The SMILES string of the molecule is CS(=O)(=O)c1c(C(=O)O)oc2ccc(N)cc12. The number of hydrogen-bond donors (Lipinski definition) is 2. The van der Waals surface area contributed by atoms with E-state index in [2.05, 4.69) is 0 Å². The van der Waals surface area contributed by atoms with Crippen molar-refractivity contribution in [2.24, 2.45) is 0 Å². The van der Waals surface area contributed by atoms with Gasteiger partial charge in [-0.15, -0.1) is 0 Å². The Morgan fingerprint density at radius 1 is 1.41 bits per heavy atom. The summed E-state index contributed by atoms with van der Waals surface area (Å²) in [5, 5.41) is 9.09. The number of rotatable bonds is 2. The summed E-state index contributed by atoms with van der Waals surface area (Å²) in [7, 11) is -3.71. The number of aromatic carboxylic acids is 1. The van der Waals surface area contributed by atoms with Gasteiger partial charge in [0.1, 0.15) is 10.5 Å². The molecular formula is C10H9NO5S. The Morgan fingerprint density at radius 3 is 2.59 bits per heavy atom. The minimum absolute atomic E-state index is 0.178. The lowest BCUT2D eigenvalue weighted by atomic mass is 10.2. The average Bonchev–Trinajstić information content (AvgIpc) is 2.55. The maximum Gasteiger partial charge on any atom is 0.373 e. The molecule has 90 valence electrons. The first-order valence-electron chi connectivity index (χ1n) is 4.56. The van der Waals surface area contributed by atoms with Crippen LogP contribution in [0.5, 0.6) is 0 Å². The highest BCUT2D eigenvalue weighted by atomic mass is 32.2. The molecule has 0 radical (unpaired) electrons. The predicted molar refractivity (Wildman–Crippen MR) is 60.7 cm³/mol. The third-order valence-corrected chi connectivity index (χ3v) is 3.38. The van der Waals surface area contributed by atoms with Crippen LogP contribution in [0, 0.1) is 0 Å². The van der Waals surface area contributed by atoms with E-state index in [1.54, 1.807) is 0 Å². The topological polar surface area (TPSA) is 111 Å². The summed E-state index contributed by atoms with van der Waals surface area (Å²) in [5.74, 6) is -2.02. The molecule has 6 nitrogen and oxygen atoms in total. The van der Waals surface area contributed by atoms with Crippen LogP contribution in [0.4, 0.5) is 5.69 Å². The van der Waals surface area contributed by atoms with E-state index in [1.165, 1.54) is 18.2 Å². The number of fused-ring (bicyclic) bond motifs is 1. The molecule has 2 aromatic rings. The molecule has 0 spiro atoms. The normalized spacial score (nSPS) is 11.8. The number of hydrogen-bond acceptors (Lipinski definition) is 5. The van der Waals surface area contributed by atoms with Gasteiger partial charge in [-0.2, -0.15) is 0 Å². The minimum Gasteiger partial charge on any atom is -0.475 e. The Hall–Kier alpha value is -2.02. The Labute approximate surface area is 96.6 Å². The van der Waals surface area contributed by atoms with E-state index in [-0.39, 0.29) is 15.9 Å². The molecule has 0 aliphatic rings. The van der Waals surface area contributed by atoms with Gasteiger partial charge in [-0.05, 0) is 18.2 Å². The van der Waals surface area contributed by atoms with Crippen molar-refractivity contribution >= 4 is 32.5 Å². The van der Waals surface area contributed by atoms with Gasteiger partial charge in [0, 0.05) is 17.3 Å². The minimum atomic E-state index is -3.71. The fourth-order valence-corrected chi connectivity index (χ4v) is 2.63. The van der Waals surface area contributed by atoms with Crippen LogP contribution in [0.3, 0.4) is 0 Å². The van der Waals surface area contributed by atoms with Crippen molar-refractivity contribution in [3.63, 3.8) is 0 Å². The van der Waals surface area contributed by atoms with E-state index in [4.69, 9.17) is 15.3 Å². The van der Waals surface area contributed by atoms with Crippen molar-refractivity contribution in [1.29, 1.82) is 0 Å². The first-order chi connectivity index (χ1) is 7.80. The molecule has 0 saturated heterocycles. The second-order valence-corrected chi connectivity index (χ2v) is 5.55. The molecule has 2 rings (SSSR count). The second kappa shape index (κ2) is 3.49. The van der Waals surface area contributed by atoms with Crippen LogP contribution in [0.25, 0.3) is 11.0 Å². The van der Waals surface area contributed by atoms with Crippen molar-refractivity contribution in [2.75, 3.05) is 12.0 Å². The highest BCUT2D eigenvalue weighted by molar-refractivity contribution is 7.91. The molecule has 0 unspecified atom stereocenters. The van der Waals surface area contributed by atoms with E-state index in [1.807, 2.05) is 0 Å². The molecule has 1 aromatic heterocycles. The monoisotopic (exact) mass is 255 g/mol. The highest BCUT2D eigenvalue weighted by Crippen LogP contribution is 2.31. The van der Waals surface area contributed by atoms with Gasteiger partial charge in [-0.25, -0.2) is 13.2 Å². The molecule has 3 N–H and O–H groups in total.